The maximum absolute atomic E-state index is 13.8. The summed E-state index contributed by atoms with van der Waals surface area (Å²) in [4.78, 5) is 18.8. The van der Waals surface area contributed by atoms with E-state index in [9.17, 15) is 4.79 Å². The van der Waals surface area contributed by atoms with Gasteiger partial charge in [-0.1, -0.05) is 67.9 Å². The van der Waals surface area contributed by atoms with Crippen LogP contribution in [0.15, 0.2) is 94.8 Å². The van der Waals surface area contributed by atoms with Gasteiger partial charge < -0.3 is 9.47 Å². The van der Waals surface area contributed by atoms with Crippen molar-refractivity contribution in [1.29, 1.82) is 0 Å². The second-order valence-corrected chi connectivity index (χ2v) is 10.4. The minimum absolute atomic E-state index is 0.220. The molecule has 0 radical (unpaired) electrons. The Kier molecular flexibility index (Phi) is 8.29. The molecule has 0 saturated heterocycles. The first-order chi connectivity index (χ1) is 19.9. The highest BCUT2D eigenvalue weighted by atomic mass is 16.5. The van der Waals surface area contributed by atoms with Gasteiger partial charge >= 0.3 is 0 Å². The molecule has 208 valence electrons. The van der Waals surface area contributed by atoms with E-state index < -0.39 is 0 Å². The lowest BCUT2D eigenvalue weighted by molar-refractivity contribution is 0.306. The number of hydrogen-bond donors (Lipinski definition) is 0. The maximum Gasteiger partial charge on any atom is 0.282 e. The lowest BCUT2D eigenvalue weighted by atomic mass is 9.96. The van der Waals surface area contributed by atoms with Gasteiger partial charge in [0.1, 0.15) is 18.1 Å². The van der Waals surface area contributed by atoms with E-state index in [-0.39, 0.29) is 11.5 Å². The molecule has 0 aliphatic carbocycles. The van der Waals surface area contributed by atoms with E-state index in [4.69, 9.17) is 19.6 Å². The zero-order valence-electron chi connectivity index (χ0n) is 24.2. The van der Waals surface area contributed by atoms with Gasteiger partial charge in [0.15, 0.2) is 5.82 Å². The van der Waals surface area contributed by atoms with Crippen LogP contribution in [0, 0.1) is 13.8 Å². The van der Waals surface area contributed by atoms with Gasteiger partial charge in [0.2, 0.25) is 0 Å². The minimum Gasteiger partial charge on any atom is -0.494 e. The summed E-state index contributed by atoms with van der Waals surface area (Å²) in [7, 11) is 0. The molecular formula is C35H35N3O3. The number of aromatic nitrogens is 2. The number of rotatable bonds is 9. The molecule has 0 spiro atoms. The van der Waals surface area contributed by atoms with Crippen LogP contribution >= 0.6 is 0 Å². The van der Waals surface area contributed by atoms with Gasteiger partial charge in [0.25, 0.3) is 5.56 Å². The topological polar surface area (TPSA) is 65.7 Å². The first kappa shape index (κ1) is 27.8. The lowest BCUT2D eigenvalue weighted by Crippen LogP contribution is -2.21. The number of ether oxygens (including phenoxy) is 2. The molecule has 5 rings (SSSR count). The van der Waals surface area contributed by atoms with Crippen LogP contribution in [0.5, 0.6) is 11.5 Å². The third-order valence-electron chi connectivity index (χ3n) is 7.02. The van der Waals surface area contributed by atoms with Gasteiger partial charge in [-0.3, -0.25) is 4.79 Å². The summed E-state index contributed by atoms with van der Waals surface area (Å²) in [6.07, 6.45) is 1.67. The van der Waals surface area contributed by atoms with Crippen molar-refractivity contribution in [2.75, 3.05) is 6.61 Å². The average Bonchev–Trinajstić information content (AvgIpc) is 2.97. The standard InChI is InChI=1S/C35H35N3O3/c1-6-40-33-19-25(5)30(20-29(33)23(2)3)34-37-31-13-9-8-12-28(31)35(39)38(34)36-21-27-11-7-10-14-32(27)41-22-26-17-15-24(4)16-18-26/h7-21,23H,6,22H2,1-5H3. The Morgan fingerprint density at radius 2 is 1.63 bits per heavy atom. The fraction of sp³-hybridized carbons (Fsp3) is 0.229. The maximum atomic E-state index is 13.8. The van der Waals surface area contributed by atoms with Crippen molar-refractivity contribution < 1.29 is 9.47 Å². The molecule has 6 nitrogen and oxygen atoms in total. The van der Waals surface area contributed by atoms with Gasteiger partial charge in [0.05, 0.1) is 23.7 Å². The highest BCUT2D eigenvalue weighted by Gasteiger charge is 2.18. The van der Waals surface area contributed by atoms with Crippen LogP contribution in [0.3, 0.4) is 0 Å². The van der Waals surface area contributed by atoms with Crippen LogP contribution in [0.25, 0.3) is 22.3 Å². The third-order valence-corrected chi connectivity index (χ3v) is 7.02. The predicted octanol–water partition coefficient (Wildman–Crippen LogP) is 7.66. The zero-order chi connectivity index (χ0) is 28.9. The molecule has 5 aromatic rings. The SMILES string of the molecule is CCOc1cc(C)c(-c2nc3ccccc3c(=O)n2N=Cc2ccccc2OCc2ccc(C)cc2)cc1C(C)C. The summed E-state index contributed by atoms with van der Waals surface area (Å²) in [6.45, 7) is 11.3. The molecule has 0 N–H and O–H groups in total. The molecule has 4 aromatic carbocycles. The monoisotopic (exact) mass is 545 g/mol. The molecule has 6 heteroatoms. The predicted molar refractivity (Wildman–Crippen MR) is 166 cm³/mol. The van der Waals surface area contributed by atoms with E-state index in [0.717, 1.165) is 33.6 Å². The molecule has 0 atom stereocenters. The van der Waals surface area contributed by atoms with Gasteiger partial charge in [-0.15, -0.1) is 0 Å². The fourth-order valence-corrected chi connectivity index (χ4v) is 4.76. The van der Waals surface area contributed by atoms with Gasteiger partial charge in [-0.05, 0) is 79.8 Å². The third kappa shape index (κ3) is 6.07. The molecule has 1 aromatic heterocycles. The van der Waals surface area contributed by atoms with Crippen molar-refractivity contribution in [3.63, 3.8) is 0 Å². The number of hydrogen-bond acceptors (Lipinski definition) is 5. The van der Waals surface area contributed by atoms with Crippen LogP contribution in [-0.4, -0.2) is 22.5 Å². The molecule has 0 saturated carbocycles. The van der Waals surface area contributed by atoms with Gasteiger partial charge in [0, 0.05) is 11.1 Å². The summed E-state index contributed by atoms with van der Waals surface area (Å²) in [6, 6.07) is 27.4. The van der Waals surface area contributed by atoms with Gasteiger partial charge in [-0.2, -0.15) is 9.78 Å². The summed E-state index contributed by atoms with van der Waals surface area (Å²) < 4.78 is 13.5. The number of aryl methyl sites for hydroxylation is 2. The second-order valence-electron chi connectivity index (χ2n) is 10.4. The van der Waals surface area contributed by atoms with Crippen LogP contribution < -0.4 is 15.0 Å². The highest BCUT2D eigenvalue weighted by Crippen LogP contribution is 2.34. The van der Waals surface area contributed by atoms with Crippen LogP contribution in [0.4, 0.5) is 0 Å². The van der Waals surface area contributed by atoms with E-state index in [0.29, 0.717) is 35.7 Å². The van der Waals surface area contributed by atoms with Crippen LogP contribution in [0.1, 0.15) is 54.5 Å². The second kappa shape index (κ2) is 12.2. The summed E-state index contributed by atoms with van der Waals surface area (Å²) >= 11 is 0. The Balaban J connectivity index is 1.60. The molecule has 0 aliphatic rings. The minimum atomic E-state index is -0.237. The molecule has 0 unspecified atom stereocenters. The molecule has 0 bridgehead atoms. The Hall–Kier alpha value is -4.71. The molecule has 0 fully saturated rings. The van der Waals surface area contributed by atoms with Crippen molar-refractivity contribution in [1.82, 2.24) is 9.66 Å². The molecule has 41 heavy (non-hydrogen) atoms. The van der Waals surface area contributed by atoms with E-state index in [1.165, 1.54) is 10.2 Å². The number of benzene rings is 4. The van der Waals surface area contributed by atoms with Crippen molar-refractivity contribution in [3.05, 3.63) is 123 Å². The van der Waals surface area contributed by atoms with Crippen molar-refractivity contribution in [3.8, 4) is 22.9 Å². The van der Waals surface area contributed by atoms with Crippen LogP contribution in [-0.2, 0) is 6.61 Å². The van der Waals surface area contributed by atoms with Crippen molar-refractivity contribution in [2.45, 2.75) is 47.1 Å². The highest BCUT2D eigenvalue weighted by molar-refractivity contribution is 5.84. The molecule has 0 aliphatic heterocycles. The largest absolute Gasteiger partial charge is 0.494 e. The number of para-hydroxylation sites is 2. The van der Waals surface area contributed by atoms with E-state index >= 15 is 0 Å². The Bertz CT molecular complexity index is 1770. The summed E-state index contributed by atoms with van der Waals surface area (Å²) in [5.74, 6) is 2.23. The lowest BCUT2D eigenvalue weighted by Gasteiger charge is -2.18. The first-order valence-corrected chi connectivity index (χ1v) is 14.0. The van der Waals surface area contributed by atoms with Crippen LogP contribution in [0.2, 0.25) is 0 Å². The van der Waals surface area contributed by atoms with Crippen molar-refractivity contribution in [2.24, 2.45) is 5.10 Å². The quantitative estimate of drug-likeness (QED) is 0.178. The zero-order valence-corrected chi connectivity index (χ0v) is 24.2. The van der Waals surface area contributed by atoms with E-state index in [2.05, 4.69) is 51.1 Å². The summed E-state index contributed by atoms with van der Waals surface area (Å²) in [5.41, 5.74) is 6.27. The molecule has 0 amide bonds. The first-order valence-electron chi connectivity index (χ1n) is 14.0. The summed E-state index contributed by atoms with van der Waals surface area (Å²) in [5, 5.41) is 5.21. The Morgan fingerprint density at radius 1 is 0.902 bits per heavy atom. The van der Waals surface area contributed by atoms with E-state index in [1.54, 1.807) is 12.3 Å². The number of nitrogens with zero attached hydrogens (tertiary/aromatic N) is 3. The van der Waals surface area contributed by atoms with Crippen molar-refractivity contribution >= 4 is 17.1 Å². The van der Waals surface area contributed by atoms with E-state index in [1.807, 2.05) is 62.4 Å². The smallest absolute Gasteiger partial charge is 0.282 e. The average molecular weight is 546 g/mol. The number of fused-ring (bicyclic) bond motifs is 1. The van der Waals surface area contributed by atoms with Gasteiger partial charge in [-0.25, -0.2) is 4.98 Å². The Labute approximate surface area is 240 Å². The molecular weight excluding hydrogens is 510 g/mol. The molecule has 1 heterocycles. The Morgan fingerprint density at radius 3 is 2.39 bits per heavy atom. The fourth-order valence-electron chi connectivity index (χ4n) is 4.76. The normalized spacial score (nSPS) is 11.5.